The molecule has 0 aliphatic rings. The summed E-state index contributed by atoms with van der Waals surface area (Å²) in [5.74, 6) is 0.236. The quantitative estimate of drug-likeness (QED) is 0.492. The van der Waals surface area contributed by atoms with Crippen molar-refractivity contribution >= 4 is 5.91 Å². The lowest BCUT2D eigenvalue weighted by molar-refractivity contribution is -0.130. The zero-order valence-corrected chi connectivity index (χ0v) is 13.7. The number of hydrogen-bond acceptors (Lipinski definition) is 1. The maximum atomic E-state index is 12.1. The Hall–Kier alpha value is -0.530. The average Bonchev–Trinajstić information content (AvgIpc) is 2.42. The molecule has 0 radical (unpaired) electrons. The molecule has 0 heterocycles. The Morgan fingerprint density at radius 3 is 1.68 bits per heavy atom. The number of carbonyl (C=O) groups is 1. The van der Waals surface area contributed by atoms with Crippen LogP contribution in [0.2, 0.25) is 0 Å². The molecule has 0 aliphatic heterocycles. The molecule has 1 atom stereocenters. The van der Waals surface area contributed by atoms with E-state index in [1.54, 1.807) is 7.05 Å². The molecule has 114 valence electrons. The maximum absolute atomic E-state index is 12.1. The number of nitrogens with one attached hydrogen (secondary N) is 1. The van der Waals surface area contributed by atoms with Crippen molar-refractivity contribution in [3.05, 3.63) is 0 Å². The molecule has 0 rings (SSSR count). The summed E-state index contributed by atoms with van der Waals surface area (Å²) in [6, 6.07) is 0. The van der Waals surface area contributed by atoms with Gasteiger partial charge in [0.15, 0.2) is 0 Å². The van der Waals surface area contributed by atoms with Gasteiger partial charge in [-0.15, -0.1) is 0 Å². The predicted molar refractivity (Wildman–Crippen MR) is 84.3 cm³/mol. The Bertz CT molecular complexity index is 227. The van der Waals surface area contributed by atoms with Gasteiger partial charge in [0.05, 0.1) is 0 Å². The SMILES string of the molecule is CCCCCCCC(C)(CCCCCC)C(=O)NC. The summed E-state index contributed by atoms with van der Waals surface area (Å²) in [5.41, 5.74) is -0.144. The van der Waals surface area contributed by atoms with Crippen molar-refractivity contribution in [3.8, 4) is 0 Å². The molecule has 0 aromatic carbocycles. The van der Waals surface area contributed by atoms with Crippen LogP contribution >= 0.6 is 0 Å². The minimum Gasteiger partial charge on any atom is -0.359 e. The Morgan fingerprint density at radius 2 is 1.26 bits per heavy atom. The standard InChI is InChI=1S/C17H35NO/c1-5-7-9-11-13-15-17(3,16(19)18-4)14-12-10-8-6-2/h5-15H2,1-4H3,(H,18,19). The highest BCUT2D eigenvalue weighted by Gasteiger charge is 2.30. The minimum absolute atomic E-state index is 0.144. The van der Waals surface area contributed by atoms with Crippen LogP contribution < -0.4 is 5.32 Å². The van der Waals surface area contributed by atoms with E-state index in [2.05, 4.69) is 26.1 Å². The van der Waals surface area contributed by atoms with E-state index in [9.17, 15) is 4.79 Å². The fourth-order valence-electron chi connectivity index (χ4n) is 2.71. The van der Waals surface area contributed by atoms with Crippen molar-refractivity contribution in [2.24, 2.45) is 5.41 Å². The molecule has 0 aromatic rings. The summed E-state index contributed by atoms with van der Waals surface area (Å²) in [4.78, 5) is 12.1. The summed E-state index contributed by atoms with van der Waals surface area (Å²) < 4.78 is 0. The molecule has 0 spiro atoms. The number of rotatable bonds is 12. The third-order valence-corrected chi connectivity index (χ3v) is 4.19. The third kappa shape index (κ3) is 8.28. The molecule has 1 amide bonds. The van der Waals surface area contributed by atoms with E-state index >= 15 is 0 Å². The molecule has 0 fully saturated rings. The van der Waals surface area contributed by atoms with Crippen molar-refractivity contribution < 1.29 is 4.79 Å². The number of amides is 1. The lowest BCUT2D eigenvalue weighted by atomic mass is 9.79. The van der Waals surface area contributed by atoms with Crippen LogP contribution in [-0.2, 0) is 4.79 Å². The van der Waals surface area contributed by atoms with Crippen molar-refractivity contribution in [1.82, 2.24) is 5.32 Å². The highest BCUT2D eigenvalue weighted by atomic mass is 16.2. The van der Waals surface area contributed by atoms with E-state index in [4.69, 9.17) is 0 Å². The fraction of sp³-hybridized carbons (Fsp3) is 0.941. The minimum atomic E-state index is -0.144. The maximum Gasteiger partial charge on any atom is 0.225 e. The topological polar surface area (TPSA) is 29.1 Å². The molecule has 0 bridgehead atoms. The van der Waals surface area contributed by atoms with Gasteiger partial charge >= 0.3 is 0 Å². The zero-order valence-electron chi connectivity index (χ0n) is 13.7. The summed E-state index contributed by atoms with van der Waals surface area (Å²) in [7, 11) is 1.77. The van der Waals surface area contributed by atoms with E-state index in [0.29, 0.717) is 0 Å². The van der Waals surface area contributed by atoms with Crippen molar-refractivity contribution in [3.63, 3.8) is 0 Å². The second kappa shape index (κ2) is 11.3. The molecule has 19 heavy (non-hydrogen) atoms. The lowest BCUT2D eigenvalue weighted by Crippen LogP contribution is -2.37. The van der Waals surface area contributed by atoms with Crippen LogP contribution in [0.15, 0.2) is 0 Å². The second-order valence-corrected chi connectivity index (χ2v) is 6.11. The average molecular weight is 269 g/mol. The van der Waals surface area contributed by atoms with Gasteiger partial charge in [0.1, 0.15) is 0 Å². The molecular formula is C17H35NO. The number of unbranched alkanes of at least 4 members (excludes halogenated alkanes) is 7. The second-order valence-electron chi connectivity index (χ2n) is 6.11. The van der Waals surface area contributed by atoms with Crippen molar-refractivity contribution in [1.29, 1.82) is 0 Å². The van der Waals surface area contributed by atoms with Gasteiger partial charge in [-0.3, -0.25) is 4.79 Å². The van der Waals surface area contributed by atoms with E-state index in [1.807, 2.05) is 0 Å². The molecule has 0 aromatic heterocycles. The largest absolute Gasteiger partial charge is 0.359 e. The smallest absolute Gasteiger partial charge is 0.225 e. The first kappa shape index (κ1) is 18.5. The molecule has 0 aliphatic carbocycles. The van der Waals surface area contributed by atoms with E-state index in [1.165, 1.54) is 57.8 Å². The highest BCUT2D eigenvalue weighted by molar-refractivity contribution is 5.81. The Kier molecular flexibility index (Phi) is 11.0. The monoisotopic (exact) mass is 269 g/mol. The van der Waals surface area contributed by atoms with Gasteiger partial charge in [-0.25, -0.2) is 0 Å². The normalized spacial score (nSPS) is 14.1. The molecule has 2 nitrogen and oxygen atoms in total. The van der Waals surface area contributed by atoms with Gasteiger partial charge in [0.2, 0.25) is 5.91 Å². The molecule has 1 unspecified atom stereocenters. The van der Waals surface area contributed by atoms with Gasteiger partial charge in [-0.2, -0.15) is 0 Å². The first-order chi connectivity index (χ1) is 9.10. The molecule has 1 N–H and O–H groups in total. The van der Waals surface area contributed by atoms with Crippen LogP contribution in [0, 0.1) is 5.41 Å². The first-order valence-electron chi connectivity index (χ1n) is 8.33. The summed E-state index contributed by atoms with van der Waals surface area (Å²) >= 11 is 0. The Balaban J connectivity index is 4.08. The van der Waals surface area contributed by atoms with Gasteiger partial charge < -0.3 is 5.32 Å². The highest BCUT2D eigenvalue weighted by Crippen LogP contribution is 2.31. The van der Waals surface area contributed by atoms with E-state index < -0.39 is 0 Å². The van der Waals surface area contributed by atoms with E-state index in [0.717, 1.165) is 12.8 Å². The van der Waals surface area contributed by atoms with Gasteiger partial charge in [0.25, 0.3) is 0 Å². The van der Waals surface area contributed by atoms with Crippen LogP contribution in [0.25, 0.3) is 0 Å². The third-order valence-electron chi connectivity index (χ3n) is 4.19. The fourth-order valence-corrected chi connectivity index (χ4v) is 2.71. The molecule has 2 heteroatoms. The van der Waals surface area contributed by atoms with Gasteiger partial charge in [0, 0.05) is 12.5 Å². The first-order valence-corrected chi connectivity index (χ1v) is 8.33. The van der Waals surface area contributed by atoms with Crippen LogP contribution in [-0.4, -0.2) is 13.0 Å². The van der Waals surface area contributed by atoms with Crippen LogP contribution in [0.4, 0.5) is 0 Å². The van der Waals surface area contributed by atoms with Crippen molar-refractivity contribution in [2.45, 2.75) is 91.4 Å². The lowest BCUT2D eigenvalue weighted by Gasteiger charge is -2.28. The summed E-state index contributed by atoms with van der Waals surface area (Å²) in [6.07, 6.45) is 13.5. The number of hydrogen-bond donors (Lipinski definition) is 1. The molecule has 0 saturated carbocycles. The Labute approximate surface area is 120 Å². The van der Waals surface area contributed by atoms with Gasteiger partial charge in [-0.05, 0) is 12.8 Å². The van der Waals surface area contributed by atoms with E-state index in [-0.39, 0.29) is 11.3 Å². The van der Waals surface area contributed by atoms with Gasteiger partial charge in [-0.1, -0.05) is 78.6 Å². The van der Waals surface area contributed by atoms with Crippen LogP contribution in [0.3, 0.4) is 0 Å². The van der Waals surface area contributed by atoms with Crippen LogP contribution in [0.1, 0.15) is 91.4 Å². The Morgan fingerprint density at radius 1 is 0.842 bits per heavy atom. The summed E-state index contributed by atoms with van der Waals surface area (Å²) in [5, 5.41) is 2.86. The number of carbonyl (C=O) groups excluding carboxylic acids is 1. The predicted octanol–water partition coefficient (Wildman–Crippen LogP) is 5.07. The van der Waals surface area contributed by atoms with Crippen LogP contribution in [0.5, 0.6) is 0 Å². The van der Waals surface area contributed by atoms with Crippen molar-refractivity contribution in [2.75, 3.05) is 7.05 Å². The summed E-state index contributed by atoms with van der Waals surface area (Å²) in [6.45, 7) is 6.62. The zero-order chi connectivity index (χ0) is 14.6. The molecule has 0 saturated heterocycles. The molecular weight excluding hydrogens is 234 g/mol.